The van der Waals surface area contributed by atoms with Crippen LogP contribution < -0.4 is 4.74 Å². The Balaban J connectivity index is 2.75. The second-order valence-electron chi connectivity index (χ2n) is 4.20. The Hall–Kier alpha value is -0.290. The Morgan fingerprint density at radius 2 is 2.00 bits per heavy atom. The summed E-state index contributed by atoms with van der Waals surface area (Å²) in [5.74, 6) is -0.691. The Kier molecular flexibility index (Phi) is 5.73. The van der Waals surface area contributed by atoms with E-state index in [4.69, 9.17) is 4.74 Å². The number of rotatable bonds is 5. The quantitative estimate of drug-likeness (QED) is 0.627. The van der Waals surface area contributed by atoms with Crippen LogP contribution >= 0.6 is 28.6 Å². The van der Waals surface area contributed by atoms with Crippen LogP contribution in [0.4, 0.5) is 8.78 Å². The van der Waals surface area contributed by atoms with E-state index < -0.39 is 11.6 Å². The molecule has 1 rings (SSSR count). The van der Waals surface area contributed by atoms with Gasteiger partial charge in [0.15, 0.2) is 11.6 Å². The van der Waals surface area contributed by atoms with Crippen molar-refractivity contribution in [1.82, 2.24) is 0 Å². The van der Waals surface area contributed by atoms with Crippen LogP contribution in [0, 0.1) is 23.5 Å². The van der Waals surface area contributed by atoms with Crippen molar-refractivity contribution < 1.29 is 13.5 Å². The lowest BCUT2D eigenvalue weighted by atomic mass is 9.99. The second kappa shape index (κ2) is 6.59. The van der Waals surface area contributed by atoms with Crippen molar-refractivity contribution in [3.05, 3.63) is 28.2 Å². The SMILES string of the molecule is CC(C)C(CS)COc1cc(Br)cc(F)c1F. The zero-order valence-corrected chi connectivity index (χ0v) is 12.2. The highest BCUT2D eigenvalue weighted by Crippen LogP contribution is 2.26. The first-order valence-corrected chi connectivity index (χ1v) is 6.76. The van der Waals surface area contributed by atoms with E-state index in [9.17, 15) is 8.78 Å². The van der Waals surface area contributed by atoms with Crippen molar-refractivity contribution in [3.8, 4) is 5.75 Å². The minimum absolute atomic E-state index is 0.0655. The lowest BCUT2D eigenvalue weighted by Gasteiger charge is -2.19. The number of hydrogen-bond acceptors (Lipinski definition) is 2. The monoisotopic (exact) mass is 324 g/mol. The van der Waals surface area contributed by atoms with Gasteiger partial charge in [0.2, 0.25) is 5.82 Å². The van der Waals surface area contributed by atoms with Crippen LogP contribution in [0.5, 0.6) is 5.75 Å². The number of benzene rings is 1. The molecule has 0 amide bonds. The fraction of sp³-hybridized carbons (Fsp3) is 0.500. The van der Waals surface area contributed by atoms with Crippen molar-refractivity contribution >= 4 is 28.6 Å². The molecule has 0 aliphatic rings. The van der Waals surface area contributed by atoms with Gasteiger partial charge in [-0.3, -0.25) is 0 Å². The first-order chi connectivity index (χ1) is 7.95. The molecule has 17 heavy (non-hydrogen) atoms. The Morgan fingerprint density at radius 1 is 1.35 bits per heavy atom. The molecule has 0 aromatic heterocycles. The summed E-state index contributed by atoms with van der Waals surface area (Å²) in [7, 11) is 0. The summed E-state index contributed by atoms with van der Waals surface area (Å²) in [6.45, 7) is 4.41. The van der Waals surface area contributed by atoms with Crippen LogP contribution in [0.15, 0.2) is 16.6 Å². The zero-order valence-electron chi connectivity index (χ0n) is 9.71. The van der Waals surface area contributed by atoms with Gasteiger partial charge in [-0.15, -0.1) is 0 Å². The third kappa shape index (κ3) is 4.14. The fourth-order valence-electron chi connectivity index (χ4n) is 1.29. The minimum atomic E-state index is -0.949. The molecule has 0 heterocycles. The lowest BCUT2D eigenvalue weighted by molar-refractivity contribution is 0.216. The van der Waals surface area contributed by atoms with Gasteiger partial charge >= 0.3 is 0 Å². The molecule has 1 aromatic rings. The van der Waals surface area contributed by atoms with Crippen LogP contribution in [-0.2, 0) is 0 Å². The van der Waals surface area contributed by atoms with Crippen molar-refractivity contribution in [2.45, 2.75) is 13.8 Å². The highest BCUT2D eigenvalue weighted by atomic mass is 79.9. The predicted octanol–water partition coefficient (Wildman–Crippen LogP) is 4.31. The fourth-order valence-corrected chi connectivity index (χ4v) is 2.23. The smallest absolute Gasteiger partial charge is 0.200 e. The predicted molar refractivity (Wildman–Crippen MR) is 71.7 cm³/mol. The normalized spacial score (nSPS) is 12.9. The van der Waals surface area contributed by atoms with E-state index >= 15 is 0 Å². The lowest BCUT2D eigenvalue weighted by Crippen LogP contribution is -2.19. The molecule has 0 aliphatic carbocycles. The van der Waals surface area contributed by atoms with Gasteiger partial charge in [-0.1, -0.05) is 29.8 Å². The van der Waals surface area contributed by atoms with Crippen LogP contribution in [0.1, 0.15) is 13.8 Å². The Bertz CT molecular complexity index is 385. The molecule has 1 nitrogen and oxygen atoms in total. The molecule has 0 N–H and O–H groups in total. The molecule has 0 aliphatic heterocycles. The molecule has 1 unspecified atom stereocenters. The van der Waals surface area contributed by atoms with Gasteiger partial charge in [0.05, 0.1) is 6.61 Å². The van der Waals surface area contributed by atoms with E-state index in [1.165, 1.54) is 6.07 Å². The van der Waals surface area contributed by atoms with Crippen LogP contribution in [-0.4, -0.2) is 12.4 Å². The summed E-state index contributed by atoms with van der Waals surface area (Å²) in [5.41, 5.74) is 0. The standard InChI is InChI=1S/C12H15BrF2OS/c1-7(2)8(6-17)5-16-11-4-9(13)3-10(14)12(11)15/h3-4,7-8,17H,5-6H2,1-2H3. The third-order valence-corrected chi connectivity index (χ3v) is 3.52. The van der Waals surface area contributed by atoms with E-state index in [2.05, 4.69) is 28.6 Å². The van der Waals surface area contributed by atoms with Gasteiger partial charge < -0.3 is 4.74 Å². The highest BCUT2D eigenvalue weighted by Gasteiger charge is 2.16. The number of ether oxygens (including phenoxy) is 1. The summed E-state index contributed by atoms with van der Waals surface area (Å²) >= 11 is 7.31. The maximum atomic E-state index is 13.4. The van der Waals surface area contributed by atoms with E-state index in [-0.39, 0.29) is 11.7 Å². The molecule has 1 atom stereocenters. The molecule has 0 radical (unpaired) electrons. The van der Waals surface area contributed by atoms with Crippen molar-refractivity contribution in [2.24, 2.45) is 11.8 Å². The average molecular weight is 325 g/mol. The first-order valence-electron chi connectivity index (χ1n) is 5.34. The summed E-state index contributed by atoms with van der Waals surface area (Å²) in [6, 6.07) is 2.50. The average Bonchev–Trinajstić information content (AvgIpc) is 2.25. The van der Waals surface area contributed by atoms with Crippen LogP contribution in [0.25, 0.3) is 0 Å². The summed E-state index contributed by atoms with van der Waals surface area (Å²) in [4.78, 5) is 0. The molecule has 96 valence electrons. The van der Waals surface area contributed by atoms with Gasteiger partial charge in [0.1, 0.15) is 0 Å². The van der Waals surface area contributed by atoms with E-state index in [1.807, 2.05) is 13.8 Å². The molecule has 0 saturated carbocycles. The van der Waals surface area contributed by atoms with Crippen LogP contribution in [0.2, 0.25) is 0 Å². The number of halogens is 3. The van der Waals surface area contributed by atoms with Crippen molar-refractivity contribution in [3.63, 3.8) is 0 Å². The van der Waals surface area contributed by atoms with E-state index in [1.54, 1.807) is 0 Å². The van der Waals surface area contributed by atoms with Gasteiger partial charge in [-0.25, -0.2) is 4.39 Å². The maximum absolute atomic E-state index is 13.4. The number of thiol groups is 1. The first kappa shape index (κ1) is 14.8. The molecule has 0 spiro atoms. The van der Waals surface area contributed by atoms with E-state index in [0.717, 1.165) is 6.07 Å². The molecule has 0 bridgehead atoms. The largest absolute Gasteiger partial charge is 0.490 e. The zero-order chi connectivity index (χ0) is 13.0. The van der Waals surface area contributed by atoms with Crippen LogP contribution in [0.3, 0.4) is 0 Å². The van der Waals surface area contributed by atoms with Crippen molar-refractivity contribution in [1.29, 1.82) is 0 Å². The second-order valence-corrected chi connectivity index (χ2v) is 5.48. The minimum Gasteiger partial charge on any atom is -0.490 e. The Labute approximate surface area is 114 Å². The molecular formula is C12H15BrF2OS. The molecule has 5 heteroatoms. The summed E-state index contributed by atoms with van der Waals surface area (Å²) in [6.07, 6.45) is 0. The molecule has 0 fully saturated rings. The van der Waals surface area contributed by atoms with Crippen molar-refractivity contribution in [2.75, 3.05) is 12.4 Å². The third-order valence-electron chi connectivity index (χ3n) is 2.59. The number of hydrogen-bond donors (Lipinski definition) is 1. The van der Waals surface area contributed by atoms with Gasteiger partial charge in [0, 0.05) is 10.4 Å². The maximum Gasteiger partial charge on any atom is 0.200 e. The molecule has 0 saturated heterocycles. The van der Waals surface area contributed by atoms with E-state index in [0.29, 0.717) is 22.8 Å². The topological polar surface area (TPSA) is 9.23 Å². The van der Waals surface area contributed by atoms with Gasteiger partial charge in [-0.05, 0) is 23.8 Å². The molecule has 1 aromatic carbocycles. The highest BCUT2D eigenvalue weighted by molar-refractivity contribution is 9.10. The Morgan fingerprint density at radius 3 is 2.53 bits per heavy atom. The molecular weight excluding hydrogens is 310 g/mol. The summed E-state index contributed by atoms with van der Waals surface area (Å²) < 4.78 is 32.3. The van der Waals surface area contributed by atoms with Gasteiger partial charge in [0.25, 0.3) is 0 Å². The summed E-state index contributed by atoms with van der Waals surface area (Å²) in [5, 5.41) is 0. The van der Waals surface area contributed by atoms with Gasteiger partial charge in [-0.2, -0.15) is 17.0 Å².